The molecular weight excluding hydrogens is 391 g/mol. The summed E-state index contributed by atoms with van der Waals surface area (Å²) in [6.07, 6.45) is 7.98. The molecule has 0 N–H and O–H groups in total. The molecule has 1 aromatic rings. The van der Waals surface area contributed by atoms with E-state index in [4.69, 9.17) is 4.74 Å². The molecule has 2 aliphatic heterocycles. The standard InChI is InChI=1S/C18H24IOS/c1-13(20-18-12-15-8-9-17(18)19-15)16(10-11-21-2)14-6-4-3-5-7-14/h3-7,15-18H,1,8-12H2,2H3/q-1/t15?,16?,17?,18-/m0/s1. The molecule has 2 fully saturated rings. The van der Waals surface area contributed by atoms with Gasteiger partial charge in [-0.05, 0) is 0 Å². The molecule has 2 saturated heterocycles. The third-order valence-corrected chi connectivity index (χ3v) is 9.63. The molecule has 0 aliphatic carbocycles. The van der Waals surface area contributed by atoms with Crippen molar-refractivity contribution in [3.8, 4) is 0 Å². The molecule has 21 heavy (non-hydrogen) atoms. The van der Waals surface area contributed by atoms with Gasteiger partial charge in [-0.1, -0.05) is 0 Å². The Morgan fingerprint density at radius 3 is 2.81 bits per heavy atom. The summed E-state index contributed by atoms with van der Waals surface area (Å²) < 4.78 is 8.32. The normalized spacial score (nSPS) is 28.9. The van der Waals surface area contributed by atoms with Crippen LogP contribution in [0.2, 0.25) is 0 Å². The molecule has 0 radical (unpaired) electrons. The van der Waals surface area contributed by atoms with Gasteiger partial charge in [0.2, 0.25) is 0 Å². The fourth-order valence-electron chi connectivity index (χ4n) is 3.36. The second-order valence-corrected chi connectivity index (χ2v) is 11.0. The van der Waals surface area contributed by atoms with E-state index in [9.17, 15) is 0 Å². The number of hydrogen-bond acceptors (Lipinski definition) is 2. The molecule has 116 valence electrons. The quantitative estimate of drug-likeness (QED) is 0.379. The van der Waals surface area contributed by atoms with E-state index in [-0.39, 0.29) is 0 Å². The number of hydrogen-bond donors (Lipinski definition) is 0. The Hall–Kier alpha value is -0.160. The second-order valence-electron chi connectivity index (χ2n) is 5.92. The van der Waals surface area contributed by atoms with Gasteiger partial charge in [-0.3, -0.25) is 0 Å². The zero-order chi connectivity index (χ0) is 14.7. The van der Waals surface area contributed by atoms with Crippen molar-refractivity contribution in [3.05, 3.63) is 48.2 Å². The Kier molecular flexibility index (Phi) is 5.54. The van der Waals surface area contributed by atoms with Gasteiger partial charge >= 0.3 is 144 Å². The number of benzene rings is 1. The van der Waals surface area contributed by atoms with Crippen LogP contribution in [0.5, 0.6) is 0 Å². The molecule has 0 saturated carbocycles. The molecule has 0 amide bonds. The molecule has 3 heteroatoms. The summed E-state index contributed by atoms with van der Waals surface area (Å²) in [6.45, 7) is 4.31. The second kappa shape index (κ2) is 7.40. The molecule has 0 spiro atoms. The number of rotatable bonds is 7. The van der Waals surface area contributed by atoms with Crippen LogP contribution in [0.25, 0.3) is 0 Å². The Morgan fingerprint density at radius 2 is 2.19 bits per heavy atom. The maximum absolute atomic E-state index is 6.38. The Labute approximate surface area is 143 Å². The van der Waals surface area contributed by atoms with Crippen LogP contribution in [-0.2, 0) is 4.74 Å². The van der Waals surface area contributed by atoms with Crippen molar-refractivity contribution in [1.82, 2.24) is 0 Å². The van der Waals surface area contributed by atoms with Crippen molar-refractivity contribution in [1.29, 1.82) is 0 Å². The van der Waals surface area contributed by atoms with E-state index < -0.39 is 0 Å². The summed E-state index contributed by atoms with van der Waals surface area (Å²) in [4.78, 5) is 0. The van der Waals surface area contributed by atoms with E-state index in [1.807, 2.05) is 11.8 Å². The van der Waals surface area contributed by atoms with Crippen molar-refractivity contribution in [2.45, 2.75) is 45.6 Å². The van der Waals surface area contributed by atoms with Crippen LogP contribution in [0, 0.1) is 0 Å². The summed E-state index contributed by atoms with van der Waals surface area (Å²) in [5, 5.41) is 0. The molecule has 1 nitrogen and oxygen atoms in total. The van der Waals surface area contributed by atoms with E-state index >= 15 is 0 Å². The van der Waals surface area contributed by atoms with Crippen LogP contribution in [-0.4, -0.2) is 26.0 Å². The fraction of sp³-hybridized carbons (Fsp3) is 0.556. The van der Waals surface area contributed by atoms with Crippen molar-refractivity contribution in [3.63, 3.8) is 0 Å². The summed E-state index contributed by atoms with van der Waals surface area (Å²) >= 11 is 2.30. The Balaban J connectivity index is 1.66. The molecule has 2 heterocycles. The van der Waals surface area contributed by atoms with E-state index in [1.165, 1.54) is 24.8 Å². The first-order chi connectivity index (χ1) is 10.3. The van der Waals surface area contributed by atoms with Gasteiger partial charge in [-0.15, -0.1) is 0 Å². The van der Waals surface area contributed by atoms with Gasteiger partial charge < -0.3 is 0 Å². The van der Waals surface area contributed by atoms with Crippen molar-refractivity contribution >= 4 is 11.8 Å². The minimum absolute atomic E-state index is 0.357. The summed E-state index contributed by atoms with van der Waals surface area (Å²) in [6, 6.07) is 10.8. The van der Waals surface area contributed by atoms with Crippen LogP contribution < -0.4 is 21.2 Å². The fourth-order valence-corrected chi connectivity index (χ4v) is 8.28. The number of alkyl halides is 2. The SMILES string of the molecule is C=C(O[C@H]1CC2CCC1[I-]2)C(CCSC)c1ccccc1. The van der Waals surface area contributed by atoms with E-state index in [0.29, 0.717) is 33.2 Å². The van der Waals surface area contributed by atoms with Gasteiger partial charge in [0.05, 0.1) is 0 Å². The molecule has 2 aliphatic rings. The van der Waals surface area contributed by atoms with Gasteiger partial charge in [-0.25, -0.2) is 0 Å². The topological polar surface area (TPSA) is 9.23 Å². The van der Waals surface area contributed by atoms with Crippen LogP contribution in [0.15, 0.2) is 42.7 Å². The minimum atomic E-state index is 0.357. The first kappa shape index (κ1) is 15.7. The van der Waals surface area contributed by atoms with Crippen LogP contribution in [0.4, 0.5) is 0 Å². The number of halogens is 1. The third kappa shape index (κ3) is 3.79. The van der Waals surface area contributed by atoms with Crippen LogP contribution in [0.3, 0.4) is 0 Å². The van der Waals surface area contributed by atoms with Gasteiger partial charge in [0.25, 0.3) is 0 Å². The van der Waals surface area contributed by atoms with Gasteiger partial charge in [0.15, 0.2) is 0 Å². The predicted octanol–water partition coefficient (Wildman–Crippen LogP) is 1.45. The summed E-state index contributed by atoms with van der Waals surface area (Å²) in [7, 11) is 0. The first-order valence-electron chi connectivity index (χ1n) is 7.79. The Bertz CT molecular complexity index is 475. The number of fused-ring (bicyclic) bond motifs is 2. The maximum atomic E-state index is 6.38. The molecule has 2 bridgehead atoms. The van der Waals surface area contributed by atoms with Gasteiger partial charge in [0.1, 0.15) is 0 Å². The van der Waals surface area contributed by atoms with Crippen molar-refractivity contribution < 1.29 is 25.9 Å². The zero-order valence-electron chi connectivity index (χ0n) is 12.6. The monoisotopic (exact) mass is 415 g/mol. The Morgan fingerprint density at radius 1 is 1.38 bits per heavy atom. The average molecular weight is 415 g/mol. The van der Waals surface area contributed by atoms with Crippen LogP contribution in [0.1, 0.15) is 37.2 Å². The van der Waals surface area contributed by atoms with Gasteiger partial charge in [0, 0.05) is 0 Å². The molecule has 4 atom stereocenters. The first-order valence-corrected chi connectivity index (χ1v) is 11.7. The van der Waals surface area contributed by atoms with Gasteiger partial charge in [-0.2, -0.15) is 0 Å². The molecule has 0 aromatic heterocycles. The molecule has 3 rings (SSSR count). The summed E-state index contributed by atoms with van der Waals surface area (Å²) in [5.74, 6) is 2.53. The molecule has 1 aromatic carbocycles. The molecule has 3 unspecified atom stereocenters. The van der Waals surface area contributed by atoms with Crippen molar-refractivity contribution in [2.75, 3.05) is 12.0 Å². The van der Waals surface area contributed by atoms with E-state index in [2.05, 4.69) is 43.2 Å². The number of allylic oxidation sites excluding steroid dienone is 1. The van der Waals surface area contributed by atoms with E-state index in [1.54, 1.807) is 0 Å². The average Bonchev–Trinajstić information content (AvgIpc) is 3.11. The van der Waals surface area contributed by atoms with Crippen molar-refractivity contribution in [2.24, 2.45) is 0 Å². The zero-order valence-corrected chi connectivity index (χ0v) is 15.6. The molecular formula is C18H24IOS-. The third-order valence-electron chi connectivity index (χ3n) is 4.49. The number of ether oxygens (including phenoxy) is 1. The summed E-state index contributed by atoms with van der Waals surface area (Å²) in [5.41, 5.74) is 1.36. The van der Waals surface area contributed by atoms with Crippen LogP contribution >= 0.6 is 11.8 Å². The van der Waals surface area contributed by atoms with E-state index in [0.717, 1.165) is 25.8 Å². The number of thioether (sulfide) groups is 1. The predicted molar refractivity (Wildman–Crippen MR) is 87.6 cm³/mol.